The lowest BCUT2D eigenvalue weighted by molar-refractivity contribution is 0.736. The fourth-order valence-corrected chi connectivity index (χ4v) is 3.42. The van der Waals surface area contributed by atoms with Crippen LogP contribution < -0.4 is 10.6 Å². The quantitative estimate of drug-likeness (QED) is 0.787. The largest absolute Gasteiger partial charge is 0.351 e. The lowest BCUT2D eigenvalue weighted by Crippen LogP contribution is -2.23. The van der Waals surface area contributed by atoms with Gasteiger partial charge in [0, 0.05) is 24.5 Å². The first-order chi connectivity index (χ1) is 10.2. The van der Waals surface area contributed by atoms with Gasteiger partial charge in [0.15, 0.2) is 5.82 Å². The third kappa shape index (κ3) is 2.54. The Morgan fingerprint density at radius 2 is 2.19 bits per heavy atom. The lowest BCUT2D eigenvalue weighted by atomic mass is 10.2. The third-order valence-corrected chi connectivity index (χ3v) is 4.90. The number of hydrogen-bond donors (Lipinski definition) is 1. The van der Waals surface area contributed by atoms with E-state index < -0.39 is 0 Å². The zero-order valence-corrected chi connectivity index (χ0v) is 13.2. The van der Waals surface area contributed by atoms with Gasteiger partial charge in [0.05, 0.1) is 11.7 Å². The van der Waals surface area contributed by atoms with Gasteiger partial charge in [-0.3, -0.25) is 0 Å². The van der Waals surface area contributed by atoms with Crippen LogP contribution in [0.25, 0.3) is 5.65 Å². The van der Waals surface area contributed by atoms with E-state index in [1.165, 1.54) is 10.6 Å². The Bertz CT molecular complexity index is 717. The van der Waals surface area contributed by atoms with Crippen molar-refractivity contribution in [3.05, 3.63) is 52.5 Å². The van der Waals surface area contributed by atoms with Crippen LogP contribution in [0.15, 0.2) is 41.9 Å². The maximum Gasteiger partial charge on any atom is 0.151 e. The maximum atomic E-state index is 5.79. The van der Waals surface area contributed by atoms with E-state index in [1.807, 2.05) is 18.2 Å². The van der Waals surface area contributed by atoms with Crippen molar-refractivity contribution in [2.75, 3.05) is 18.5 Å². The van der Waals surface area contributed by atoms with Gasteiger partial charge >= 0.3 is 0 Å². The van der Waals surface area contributed by atoms with Crippen molar-refractivity contribution >= 4 is 22.8 Å². The van der Waals surface area contributed by atoms with Crippen LogP contribution in [-0.2, 0) is 6.42 Å². The predicted molar refractivity (Wildman–Crippen MR) is 89.1 cm³/mol. The summed E-state index contributed by atoms with van der Waals surface area (Å²) < 4.78 is 2.14. The zero-order valence-electron chi connectivity index (χ0n) is 12.4. The summed E-state index contributed by atoms with van der Waals surface area (Å²) in [6.07, 6.45) is 2.88. The molecule has 0 aliphatic heterocycles. The number of anilines is 1. The summed E-state index contributed by atoms with van der Waals surface area (Å²) in [6.45, 7) is 2.83. The minimum Gasteiger partial charge on any atom is -0.351 e. The molecule has 0 amide bonds. The number of imidazole rings is 1. The van der Waals surface area contributed by atoms with Gasteiger partial charge in [-0.1, -0.05) is 12.1 Å². The van der Waals surface area contributed by atoms with Gasteiger partial charge in [0.2, 0.25) is 0 Å². The molecule has 110 valence electrons. The number of aromatic nitrogens is 2. The van der Waals surface area contributed by atoms with Crippen LogP contribution in [0.2, 0.25) is 0 Å². The van der Waals surface area contributed by atoms with Gasteiger partial charge in [0.1, 0.15) is 5.65 Å². The van der Waals surface area contributed by atoms with Crippen molar-refractivity contribution < 1.29 is 0 Å². The fraction of sp³-hybridized carbons (Fsp3) is 0.312. The van der Waals surface area contributed by atoms with Gasteiger partial charge in [-0.15, -0.1) is 11.3 Å². The second-order valence-corrected chi connectivity index (χ2v) is 6.13. The Hall–Kier alpha value is -1.85. The molecule has 3 heterocycles. The molecule has 0 radical (unpaired) electrons. The number of thiophene rings is 1. The van der Waals surface area contributed by atoms with Crippen LogP contribution in [0.1, 0.15) is 23.5 Å². The highest BCUT2D eigenvalue weighted by atomic mass is 32.1. The number of rotatable bonds is 5. The summed E-state index contributed by atoms with van der Waals surface area (Å²) >= 11 is 1.78. The second kappa shape index (κ2) is 5.87. The van der Waals surface area contributed by atoms with Crippen molar-refractivity contribution in [1.82, 2.24) is 9.38 Å². The fourth-order valence-electron chi connectivity index (χ4n) is 2.59. The topological polar surface area (TPSA) is 46.6 Å². The lowest BCUT2D eigenvalue weighted by Gasteiger charge is -2.25. The van der Waals surface area contributed by atoms with E-state index in [4.69, 9.17) is 10.7 Å². The number of nitrogens with zero attached hydrogens (tertiary/aromatic N) is 3. The van der Waals surface area contributed by atoms with Crippen LogP contribution in [-0.4, -0.2) is 23.0 Å². The van der Waals surface area contributed by atoms with Crippen LogP contribution in [0, 0.1) is 0 Å². The molecule has 0 saturated carbocycles. The normalized spacial score (nSPS) is 12.7. The molecule has 0 saturated heterocycles. The van der Waals surface area contributed by atoms with Crippen molar-refractivity contribution in [3.8, 4) is 0 Å². The Kier molecular flexibility index (Phi) is 3.94. The molecule has 5 heteroatoms. The molecule has 3 aromatic rings. The van der Waals surface area contributed by atoms with Crippen LogP contribution in [0.4, 0.5) is 5.82 Å². The van der Waals surface area contributed by atoms with Crippen molar-refractivity contribution in [1.29, 1.82) is 0 Å². The highest BCUT2D eigenvalue weighted by molar-refractivity contribution is 7.10. The Balaban J connectivity index is 2.04. The highest BCUT2D eigenvalue weighted by Crippen LogP contribution is 2.30. The molecule has 0 aliphatic carbocycles. The molecule has 21 heavy (non-hydrogen) atoms. The average Bonchev–Trinajstić information content (AvgIpc) is 3.14. The smallest absolute Gasteiger partial charge is 0.151 e. The minimum atomic E-state index is 0.298. The number of nitrogens with two attached hydrogens (primary N) is 1. The number of fused-ring (bicyclic) bond motifs is 1. The first-order valence-electron chi connectivity index (χ1n) is 7.14. The molecule has 3 aromatic heterocycles. The molecule has 0 fully saturated rings. The van der Waals surface area contributed by atoms with E-state index in [-0.39, 0.29) is 0 Å². The Morgan fingerprint density at radius 3 is 2.90 bits per heavy atom. The Labute approximate surface area is 128 Å². The number of hydrogen-bond acceptors (Lipinski definition) is 4. The molecule has 0 bridgehead atoms. The maximum absolute atomic E-state index is 5.79. The highest BCUT2D eigenvalue weighted by Gasteiger charge is 2.20. The second-order valence-electron chi connectivity index (χ2n) is 5.15. The van der Waals surface area contributed by atoms with E-state index in [2.05, 4.69) is 47.0 Å². The molecule has 0 aliphatic rings. The van der Waals surface area contributed by atoms with Crippen LogP contribution in [0.3, 0.4) is 0 Å². The van der Waals surface area contributed by atoms with Gasteiger partial charge < -0.3 is 15.0 Å². The zero-order chi connectivity index (χ0) is 14.8. The SMILES string of the molecule is CC(c1cccs1)N(C)c1nc2ccccn2c1CCN. The van der Waals surface area contributed by atoms with Crippen LogP contribution in [0.5, 0.6) is 0 Å². The molecular weight excluding hydrogens is 280 g/mol. The minimum absolute atomic E-state index is 0.298. The summed E-state index contributed by atoms with van der Waals surface area (Å²) in [5.74, 6) is 1.02. The molecule has 0 spiro atoms. The molecule has 3 rings (SSSR count). The van der Waals surface area contributed by atoms with Gasteiger partial charge in [0.25, 0.3) is 0 Å². The van der Waals surface area contributed by atoms with Crippen molar-refractivity contribution in [2.45, 2.75) is 19.4 Å². The van der Waals surface area contributed by atoms with Crippen LogP contribution >= 0.6 is 11.3 Å². The molecular formula is C16H20N4S. The monoisotopic (exact) mass is 300 g/mol. The van der Waals surface area contributed by atoms with E-state index >= 15 is 0 Å². The first kappa shape index (κ1) is 14.1. The molecule has 1 unspecified atom stereocenters. The van der Waals surface area contributed by atoms with Crippen molar-refractivity contribution in [2.24, 2.45) is 5.73 Å². The summed E-state index contributed by atoms with van der Waals surface area (Å²) in [6, 6.07) is 10.6. The molecule has 4 nitrogen and oxygen atoms in total. The molecule has 1 atom stereocenters. The molecule has 0 aromatic carbocycles. The van der Waals surface area contributed by atoms with E-state index in [1.54, 1.807) is 11.3 Å². The molecule has 2 N–H and O–H groups in total. The van der Waals surface area contributed by atoms with Crippen molar-refractivity contribution in [3.63, 3.8) is 0 Å². The summed E-state index contributed by atoms with van der Waals surface area (Å²) in [5.41, 5.74) is 7.95. The summed E-state index contributed by atoms with van der Waals surface area (Å²) in [7, 11) is 2.10. The standard InChI is InChI=1S/C16H20N4S/c1-12(14-6-5-11-21-14)19(2)16-13(8-9-17)20-10-4-3-7-15(20)18-16/h3-7,10-12H,8-9,17H2,1-2H3. The Morgan fingerprint density at radius 1 is 1.33 bits per heavy atom. The van der Waals surface area contributed by atoms with E-state index in [9.17, 15) is 0 Å². The average molecular weight is 300 g/mol. The van der Waals surface area contributed by atoms with Gasteiger partial charge in [-0.2, -0.15) is 0 Å². The van der Waals surface area contributed by atoms with E-state index in [0.29, 0.717) is 12.6 Å². The number of pyridine rings is 1. The van der Waals surface area contributed by atoms with Gasteiger partial charge in [-0.05, 0) is 37.0 Å². The predicted octanol–water partition coefficient (Wildman–Crippen LogP) is 3.09. The summed E-state index contributed by atoms with van der Waals surface area (Å²) in [5, 5.41) is 2.12. The van der Waals surface area contributed by atoms with Gasteiger partial charge in [-0.25, -0.2) is 4.98 Å². The first-order valence-corrected chi connectivity index (χ1v) is 8.02. The van der Waals surface area contributed by atoms with E-state index in [0.717, 1.165) is 17.9 Å². The third-order valence-electron chi connectivity index (χ3n) is 3.86. The summed E-state index contributed by atoms with van der Waals surface area (Å²) in [4.78, 5) is 8.38.